The highest BCUT2D eigenvalue weighted by molar-refractivity contribution is 8.00. The van der Waals surface area contributed by atoms with Crippen molar-refractivity contribution in [2.75, 3.05) is 6.61 Å². The lowest BCUT2D eigenvalue weighted by Crippen LogP contribution is -2.07. The summed E-state index contributed by atoms with van der Waals surface area (Å²) in [5.74, 6) is 1.41. The number of hydrogen-bond donors (Lipinski definition) is 1. The van der Waals surface area contributed by atoms with Crippen molar-refractivity contribution in [3.05, 3.63) is 41.2 Å². The number of aromatic nitrogens is 3. The van der Waals surface area contributed by atoms with Crippen LogP contribution >= 0.6 is 23.1 Å². The van der Waals surface area contributed by atoms with Crippen molar-refractivity contribution >= 4 is 40.1 Å². The summed E-state index contributed by atoms with van der Waals surface area (Å²) >= 11 is 3.15. The van der Waals surface area contributed by atoms with Crippen LogP contribution < -0.4 is 0 Å². The van der Waals surface area contributed by atoms with Gasteiger partial charge in [0.2, 0.25) is 0 Å². The summed E-state index contributed by atoms with van der Waals surface area (Å²) in [4.78, 5) is 23.7. The number of para-hydroxylation sites is 2. The van der Waals surface area contributed by atoms with Crippen LogP contribution in [0.1, 0.15) is 18.4 Å². The van der Waals surface area contributed by atoms with Gasteiger partial charge in [-0.2, -0.15) is 0 Å². The van der Waals surface area contributed by atoms with Crippen molar-refractivity contribution in [2.45, 2.75) is 23.4 Å². The highest BCUT2D eigenvalue weighted by Gasteiger charge is 2.10. The Morgan fingerprint density at radius 3 is 3.05 bits per heavy atom. The fourth-order valence-corrected chi connectivity index (χ4v) is 3.71. The molecule has 0 atom stereocenters. The molecule has 1 N–H and O–H groups in total. The van der Waals surface area contributed by atoms with Crippen LogP contribution in [0.4, 0.5) is 0 Å². The van der Waals surface area contributed by atoms with Gasteiger partial charge in [-0.15, -0.1) is 11.3 Å². The standard InChI is InChI=1S/C15H15N3O2S2/c1-2-20-14(19)7-10-8-21-15(16-10)22-9-13-17-11-5-3-4-6-12(11)18-13/h3-6,8H,2,7,9H2,1H3,(H,17,18). The fourth-order valence-electron chi connectivity index (χ4n) is 2.00. The van der Waals surface area contributed by atoms with E-state index in [1.54, 1.807) is 18.7 Å². The molecule has 1 aromatic carbocycles. The number of nitrogens with one attached hydrogen (secondary N) is 1. The molecule has 0 aliphatic rings. The number of imidazole rings is 1. The molecule has 0 spiro atoms. The molecule has 0 aliphatic heterocycles. The molecule has 5 nitrogen and oxygen atoms in total. The maximum Gasteiger partial charge on any atom is 0.311 e. The number of nitrogens with zero attached hydrogens (tertiary/aromatic N) is 2. The molecule has 0 radical (unpaired) electrons. The van der Waals surface area contributed by atoms with Crippen LogP contribution in [-0.2, 0) is 21.7 Å². The Balaban J connectivity index is 1.59. The predicted molar refractivity (Wildman–Crippen MR) is 88.1 cm³/mol. The van der Waals surface area contributed by atoms with Gasteiger partial charge in [0.25, 0.3) is 0 Å². The summed E-state index contributed by atoms with van der Waals surface area (Å²) in [5.41, 5.74) is 2.77. The van der Waals surface area contributed by atoms with Gasteiger partial charge in [-0.3, -0.25) is 4.79 Å². The maximum atomic E-state index is 11.4. The zero-order valence-corrected chi connectivity index (χ0v) is 13.7. The van der Waals surface area contributed by atoms with Gasteiger partial charge in [0, 0.05) is 5.38 Å². The Kier molecular flexibility index (Phi) is 4.74. The van der Waals surface area contributed by atoms with E-state index in [0.29, 0.717) is 6.61 Å². The number of carbonyl (C=O) groups excluding carboxylic acids is 1. The zero-order chi connectivity index (χ0) is 15.4. The van der Waals surface area contributed by atoms with Gasteiger partial charge in [0.05, 0.1) is 35.5 Å². The normalized spacial score (nSPS) is 11.0. The summed E-state index contributed by atoms with van der Waals surface area (Å²) in [6.07, 6.45) is 0.232. The molecule has 22 heavy (non-hydrogen) atoms. The third kappa shape index (κ3) is 3.66. The van der Waals surface area contributed by atoms with Crippen LogP contribution in [0.15, 0.2) is 34.0 Å². The molecule has 0 amide bonds. The number of aromatic amines is 1. The van der Waals surface area contributed by atoms with Crippen LogP contribution in [0.2, 0.25) is 0 Å². The second-order valence-electron chi connectivity index (χ2n) is 4.58. The summed E-state index contributed by atoms with van der Waals surface area (Å²) in [6, 6.07) is 7.96. The smallest absolute Gasteiger partial charge is 0.311 e. The quantitative estimate of drug-likeness (QED) is 0.553. The van der Waals surface area contributed by atoms with Crippen LogP contribution in [0.5, 0.6) is 0 Å². The van der Waals surface area contributed by atoms with E-state index in [-0.39, 0.29) is 12.4 Å². The van der Waals surface area contributed by atoms with E-state index in [1.807, 2.05) is 29.6 Å². The molecule has 2 heterocycles. The third-order valence-corrected chi connectivity index (χ3v) is 5.01. The molecule has 0 aliphatic carbocycles. The van der Waals surface area contributed by atoms with Crippen molar-refractivity contribution in [3.8, 4) is 0 Å². The average molecular weight is 333 g/mol. The topological polar surface area (TPSA) is 67.9 Å². The molecular weight excluding hydrogens is 318 g/mol. The first-order valence-electron chi connectivity index (χ1n) is 6.91. The minimum absolute atomic E-state index is 0.232. The molecule has 0 fully saturated rings. The van der Waals surface area contributed by atoms with Gasteiger partial charge in [-0.05, 0) is 19.1 Å². The molecule has 3 aromatic rings. The maximum absolute atomic E-state index is 11.4. The second-order valence-corrected chi connectivity index (χ2v) is 6.66. The second kappa shape index (κ2) is 6.93. The molecular formula is C15H15N3O2S2. The number of H-pyrrole nitrogens is 1. The minimum Gasteiger partial charge on any atom is -0.466 e. The highest BCUT2D eigenvalue weighted by Crippen LogP contribution is 2.26. The SMILES string of the molecule is CCOC(=O)Cc1csc(SCc2nc3ccccc3[nH]2)n1. The van der Waals surface area contributed by atoms with Gasteiger partial charge >= 0.3 is 5.97 Å². The average Bonchev–Trinajstić information content (AvgIpc) is 3.11. The van der Waals surface area contributed by atoms with E-state index in [1.165, 1.54) is 11.3 Å². The molecule has 2 aromatic heterocycles. The third-order valence-electron chi connectivity index (χ3n) is 2.93. The van der Waals surface area contributed by atoms with E-state index < -0.39 is 0 Å². The van der Waals surface area contributed by atoms with Crippen LogP contribution in [-0.4, -0.2) is 27.5 Å². The lowest BCUT2D eigenvalue weighted by atomic mass is 10.3. The Morgan fingerprint density at radius 2 is 2.23 bits per heavy atom. The van der Waals surface area contributed by atoms with Crippen LogP contribution in [0.25, 0.3) is 11.0 Å². The van der Waals surface area contributed by atoms with Crippen molar-refractivity contribution in [1.82, 2.24) is 15.0 Å². The monoisotopic (exact) mass is 333 g/mol. The summed E-state index contributed by atoms with van der Waals surface area (Å²) in [6.45, 7) is 2.20. The molecule has 0 bridgehead atoms. The van der Waals surface area contributed by atoms with Crippen LogP contribution in [0, 0.1) is 0 Å². The summed E-state index contributed by atoms with van der Waals surface area (Å²) in [5, 5.41) is 1.90. The van der Waals surface area contributed by atoms with Crippen molar-refractivity contribution in [2.24, 2.45) is 0 Å². The highest BCUT2D eigenvalue weighted by atomic mass is 32.2. The minimum atomic E-state index is -0.235. The Bertz CT molecular complexity index is 749. The van der Waals surface area contributed by atoms with Crippen molar-refractivity contribution < 1.29 is 9.53 Å². The van der Waals surface area contributed by atoms with Crippen LogP contribution in [0.3, 0.4) is 0 Å². The first-order chi connectivity index (χ1) is 10.7. The Hall–Kier alpha value is -1.86. The number of rotatable bonds is 6. The number of thioether (sulfide) groups is 1. The first kappa shape index (κ1) is 15.1. The number of esters is 1. The molecule has 114 valence electrons. The number of fused-ring (bicyclic) bond motifs is 1. The number of benzene rings is 1. The number of hydrogen-bond acceptors (Lipinski definition) is 6. The Morgan fingerprint density at radius 1 is 1.36 bits per heavy atom. The zero-order valence-electron chi connectivity index (χ0n) is 12.0. The molecule has 7 heteroatoms. The van der Waals surface area contributed by atoms with E-state index in [2.05, 4.69) is 15.0 Å². The molecule has 0 saturated heterocycles. The van der Waals surface area contributed by atoms with Gasteiger partial charge < -0.3 is 9.72 Å². The lowest BCUT2D eigenvalue weighted by Gasteiger charge is -1.98. The van der Waals surface area contributed by atoms with Gasteiger partial charge in [-0.25, -0.2) is 9.97 Å². The first-order valence-corrected chi connectivity index (χ1v) is 8.77. The predicted octanol–water partition coefficient (Wildman–Crippen LogP) is 3.42. The largest absolute Gasteiger partial charge is 0.466 e. The van der Waals surface area contributed by atoms with Crippen molar-refractivity contribution in [3.63, 3.8) is 0 Å². The molecule has 0 saturated carbocycles. The van der Waals surface area contributed by atoms with Crippen molar-refractivity contribution in [1.29, 1.82) is 0 Å². The molecule has 0 unspecified atom stereocenters. The number of thiazole rings is 1. The van der Waals surface area contributed by atoms with Gasteiger partial charge in [0.1, 0.15) is 5.82 Å². The van der Waals surface area contributed by atoms with E-state index in [9.17, 15) is 4.79 Å². The molecule has 3 rings (SSSR count). The summed E-state index contributed by atoms with van der Waals surface area (Å²) in [7, 11) is 0. The van der Waals surface area contributed by atoms with Gasteiger partial charge in [0.15, 0.2) is 4.34 Å². The Labute approximate surface area is 136 Å². The lowest BCUT2D eigenvalue weighted by molar-refractivity contribution is -0.142. The van der Waals surface area contributed by atoms with Gasteiger partial charge in [-0.1, -0.05) is 23.9 Å². The van der Waals surface area contributed by atoms with E-state index in [0.717, 1.165) is 32.6 Å². The fraction of sp³-hybridized carbons (Fsp3) is 0.267. The summed E-state index contributed by atoms with van der Waals surface area (Å²) < 4.78 is 5.85. The van der Waals surface area contributed by atoms with E-state index in [4.69, 9.17) is 4.74 Å². The van der Waals surface area contributed by atoms with E-state index >= 15 is 0 Å². The number of carbonyl (C=O) groups is 1. The number of ether oxygens (including phenoxy) is 1.